The van der Waals surface area contributed by atoms with Gasteiger partial charge in [0.25, 0.3) is 0 Å². The van der Waals surface area contributed by atoms with Crippen molar-refractivity contribution in [3.63, 3.8) is 0 Å². The molecule has 1 saturated carbocycles. The van der Waals surface area contributed by atoms with Crippen molar-refractivity contribution in [2.75, 3.05) is 18.0 Å². The van der Waals surface area contributed by atoms with Crippen LogP contribution in [0.5, 0.6) is 0 Å². The molecule has 3 rings (SSSR count). The van der Waals surface area contributed by atoms with Crippen molar-refractivity contribution in [1.82, 2.24) is 10.3 Å². The summed E-state index contributed by atoms with van der Waals surface area (Å²) >= 11 is 0. The molecule has 1 aliphatic heterocycles. The molecule has 1 atom stereocenters. The van der Waals surface area contributed by atoms with Gasteiger partial charge in [-0.3, -0.25) is 4.79 Å². The summed E-state index contributed by atoms with van der Waals surface area (Å²) in [5.74, 6) is 1.55. The van der Waals surface area contributed by atoms with Gasteiger partial charge < -0.3 is 10.2 Å². The average Bonchev–Trinajstić information content (AvgIpc) is 3.14. The van der Waals surface area contributed by atoms with Gasteiger partial charge in [0.05, 0.1) is 5.56 Å². The van der Waals surface area contributed by atoms with Crippen molar-refractivity contribution < 1.29 is 18.0 Å². The number of rotatable bonds is 6. The molecular formula is C21H30F3N3O. The highest BCUT2D eigenvalue weighted by Crippen LogP contribution is 2.32. The van der Waals surface area contributed by atoms with Crippen LogP contribution in [-0.2, 0) is 11.0 Å². The molecule has 1 saturated heterocycles. The highest BCUT2D eigenvalue weighted by Gasteiger charge is 2.32. The zero-order valence-electron chi connectivity index (χ0n) is 16.5. The number of anilines is 1. The van der Waals surface area contributed by atoms with E-state index in [-0.39, 0.29) is 17.9 Å². The summed E-state index contributed by atoms with van der Waals surface area (Å²) in [6.07, 6.45) is 5.30. The second-order valence-electron chi connectivity index (χ2n) is 8.20. The Morgan fingerprint density at radius 1 is 1.21 bits per heavy atom. The Morgan fingerprint density at radius 2 is 1.96 bits per heavy atom. The van der Waals surface area contributed by atoms with Gasteiger partial charge in [-0.1, -0.05) is 26.2 Å². The molecule has 2 fully saturated rings. The van der Waals surface area contributed by atoms with Crippen LogP contribution < -0.4 is 10.2 Å². The average molecular weight is 397 g/mol. The minimum absolute atomic E-state index is 0.0365. The van der Waals surface area contributed by atoms with Gasteiger partial charge in [0.1, 0.15) is 5.82 Å². The fraction of sp³-hybridized carbons (Fsp3) is 0.714. The molecule has 7 heteroatoms. The van der Waals surface area contributed by atoms with Gasteiger partial charge in [-0.05, 0) is 50.2 Å². The monoisotopic (exact) mass is 397 g/mol. The smallest absolute Gasteiger partial charge is 0.354 e. The highest BCUT2D eigenvalue weighted by molar-refractivity contribution is 5.79. The van der Waals surface area contributed by atoms with E-state index in [2.05, 4.69) is 17.2 Å². The fourth-order valence-corrected chi connectivity index (χ4v) is 4.35. The Balaban J connectivity index is 1.45. The first-order chi connectivity index (χ1) is 13.4. The molecule has 0 radical (unpaired) electrons. The number of alkyl halides is 3. The van der Waals surface area contributed by atoms with Gasteiger partial charge in [0.2, 0.25) is 5.91 Å². The van der Waals surface area contributed by atoms with E-state index >= 15 is 0 Å². The van der Waals surface area contributed by atoms with Crippen molar-refractivity contribution in [3.05, 3.63) is 23.9 Å². The van der Waals surface area contributed by atoms with E-state index in [1.807, 2.05) is 4.90 Å². The molecule has 1 aliphatic carbocycles. The molecule has 2 aliphatic rings. The summed E-state index contributed by atoms with van der Waals surface area (Å²) in [6.45, 7) is 3.49. The lowest BCUT2D eigenvalue weighted by molar-refractivity contribution is -0.137. The molecule has 4 nitrogen and oxygen atoms in total. The van der Waals surface area contributed by atoms with Crippen LogP contribution in [0.25, 0.3) is 0 Å². The van der Waals surface area contributed by atoms with Gasteiger partial charge in [0, 0.05) is 31.2 Å². The van der Waals surface area contributed by atoms with E-state index in [0.717, 1.165) is 50.3 Å². The molecule has 1 unspecified atom stereocenters. The van der Waals surface area contributed by atoms with Gasteiger partial charge in [-0.25, -0.2) is 4.98 Å². The van der Waals surface area contributed by atoms with Crippen LogP contribution in [0.3, 0.4) is 0 Å². The van der Waals surface area contributed by atoms with Gasteiger partial charge in [0.15, 0.2) is 0 Å². The number of unbranched alkanes of at least 4 members (excludes halogenated alkanes) is 1. The van der Waals surface area contributed by atoms with Gasteiger partial charge in [-0.2, -0.15) is 13.2 Å². The standard InChI is InChI=1S/C21H30F3N3O/c1-2-3-4-15-5-7-16(8-6-15)20(28)26-18-11-12-27(14-18)19-10-9-17(13-25-19)21(22,23)24/h9-10,13,15-16,18H,2-8,11-12,14H2,1H3,(H,26,28). The molecule has 1 amide bonds. The number of carbonyl (C=O) groups excluding carboxylic acids is 1. The maximum absolute atomic E-state index is 12.7. The van der Waals surface area contributed by atoms with Crippen LogP contribution in [0.15, 0.2) is 18.3 Å². The van der Waals surface area contributed by atoms with Crippen molar-refractivity contribution in [1.29, 1.82) is 0 Å². The lowest BCUT2D eigenvalue weighted by Gasteiger charge is -2.28. The van der Waals surface area contributed by atoms with Crippen molar-refractivity contribution in [3.8, 4) is 0 Å². The Hall–Kier alpha value is -1.79. The van der Waals surface area contributed by atoms with Crippen LogP contribution >= 0.6 is 0 Å². The normalized spacial score (nSPS) is 25.7. The van der Waals surface area contributed by atoms with E-state index in [9.17, 15) is 18.0 Å². The number of nitrogens with zero attached hydrogens (tertiary/aromatic N) is 2. The molecule has 28 heavy (non-hydrogen) atoms. The van der Waals surface area contributed by atoms with Crippen LogP contribution in [-0.4, -0.2) is 30.0 Å². The predicted molar refractivity (Wildman–Crippen MR) is 103 cm³/mol. The number of pyridine rings is 1. The van der Waals surface area contributed by atoms with E-state index < -0.39 is 11.7 Å². The van der Waals surface area contributed by atoms with Crippen LogP contribution in [0.1, 0.15) is 63.9 Å². The zero-order valence-corrected chi connectivity index (χ0v) is 16.5. The van der Waals surface area contributed by atoms with E-state index in [4.69, 9.17) is 0 Å². The number of carbonyl (C=O) groups is 1. The third-order valence-corrected chi connectivity index (χ3v) is 6.12. The lowest BCUT2D eigenvalue weighted by Crippen LogP contribution is -2.41. The summed E-state index contributed by atoms with van der Waals surface area (Å²) < 4.78 is 38.0. The second kappa shape index (κ2) is 9.14. The molecule has 1 aromatic heterocycles. The SMILES string of the molecule is CCCCC1CCC(C(=O)NC2CCN(c3ccc(C(F)(F)F)cn3)C2)CC1. The highest BCUT2D eigenvalue weighted by atomic mass is 19.4. The first kappa shape index (κ1) is 20.9. The molecular weight excluding hydrogens is 367 g/mol. The Kier molecular flexibility index (Phi) is 6.83. The van der Waals surface area contributed by atoms with Crippen LogP contribution in [0.2, 0.25) is 0 Å². The van der Waals surface area contributed by atoms with Crippen molar-refractivity contribution in [2.45, 2.75) is 70.5 Å². The van der Waals surface area contributed by atoms with E-state index in [1.54, 1.807) is 0 Å². The largest absolute Gasteiger partial charge is 0.417 e. The molecule has 0 bridgehead atoms. The van der Waals surface area contributed by atoms with E-state index in [1.165, 1.54) is 25.3 Å². The summed E-state index contributed by atoms with van der Waals surface area (Å²) in [4.78, 5) is 18.5. The maximum atomic E-state index is 12.7. The predicted octanol–water partition coefficient (Wildman–Crippen LogP) is 4.79. The molecule has 2 heterocycles. The third kappa shape index (κ3) is 5.39. The maximum Gasteiger partial charge on any atom is 0.417 e. The number of amides is 1. The van der Waals surface area contributed by atoms with Crippen molar-refractivity contribution in [2.24, 2.45) is 11.8 Å². The summed E-state index contributed by atoms with van der Waals surface area (Å²) in [7, 11) is 0. The number of hydrogen-bond acceptors (Lipinski definition) is 3. The van der Waals surface area contributed by atoms with Crippen molar-refractivity contribution >= 4 is 11.7 Å². The van der Waals surface area contributed by atoms with Gasteiger partial charge >= 0.3 is 6.18 Å². The quantitative estimate of drug-likeness (QED) is 0.751. The Morgan fingerprint density at radius 3 is 2.57 bits per heavy atom. The molecule has 0 aromatic carbocycles. The fourth-order valence-electron chi connectivity index (χ4n) is 4.35. The Labute approximate surface area is 164 Å². The lowest BCUT2D eigenvalue weighted by atomic mass is 9.79. The number of halogens is 3. The molecule has 0 spiro atoms. The van der Waals surface area contributed by atoms with Crippen LogP contribution in [0, 0.1) is 11.8 Å². The Bertz CT molecular complexity index is 639. The van der Waals surface area contributed by atoms with Gasteiger partial charge in [-0.15, -0.1) is 0 Å². The first-order valence-corrected chi connectivity index (χ1v) is 10.5. The second-order valence-corrected chi connectivity index (χ2v) is 8.20. The third-order valence-electron chi connectivity index (χ3n) is 6.12. The van der Waals surface area contributed by atoms with Crippen LogP contribution in [0.4, 0.5) is 19.0 Å². The zero-order chi connectivity index (χ0) is 20.1. The summed E-state index contributed by atoms with van der Waals surface area (Å²) in [5, 5.41) is 3.15. The summed E-state index contributed by atoms with van der Waals surface area (Å²) in [5.41, 5.74) is -0.741. The number of aromatic nitrogens is 1. The topological polar surface area (TPSA) is 45.2 Å². The van der Waals surface area contributed by atoms with E-state index in [0.29, 0.717) is 18.9 Å². The first-order valence-electron chi connectivity index (χ1n) is 10.5. The molecule has 156 valence electrons. The molecule has 1 N–H and O–H groups in total. The number of nitrogens with one attached hydrogen (secondary N) is 1. The minimum atomic E-state index is -4.37. The number of hydrogen-bond donors (Lipinski definition) is 1. The molecule has 1 aromatic rings. The minimum Gasteiger partial charge on any atom is -0.354 e. The summed E-state index contributed by atoms with van der Waals surface area (Å²) in [6, 6.07) is 2.50.